The van der Waals surface area contributed by atoms with Crippen molar-refractivity contribution in [2.24, 2.45) is 0 Å². The summed E-state index contributed by atoms with van der Waals surface area (Å²) in [7, 11) is -3.57. The van der Waals surface area contributed by atoms with Gasteiger partial charge >= 0.3 is 6.09 Å². The first-order valence-corrected chi connectivity index (χ1v) is 7.82. The van der Waals surface area contributed by atoms with Crippen LogP contribution in [0.3, 0.4) is 0 Å². The first-order chi connectivity index (χ1) is 8.48. The summed E-state index contributed by atoms with van der Waals surface area (Å²) in [5.41, 5.74) is -0.646. The monoisotopic (exact) mass is 295 g/mol. The SMILES string of the molecule is CC(C)(C)OC(=O)N1CC(O)C[C@H]1COS(C)(=O)=O. The second-order valence-corrected chi connectivity index (χ2v) is 7.31. The van der Waals surface area contributed by atoms with Crippen LogP contribution in [0.25, 0.3) is 0 Å². The molecule has 1 amide bonds. The highest BCUT2D eigenvalue weighted by atomic mass is 32.2. The zero-order chi connectivity index (χ0) is 14.8. The number of hydrogen-bond donors (Lipinski definition) is 1. The number of amides is 1. The van der Waals surface area contributed by atoms with Gasteiger partial charge in [0.1, 0.15) is 5.60 Å². The number of aliphatic hydroxyl groups excluding tert-OH is 1. The van der Waals surface area contributed by atoms with E-state index in [0.717, 1.165) is 6.26 Å². The van der Waals surface area contributed by atoms with Crippen LogP contribution in [0, 0.1) is 0 Å². The van der Waals surface area contributed by atoms with Gasteiger partial charge in [-0.15, -0.1) is 0 Å². The average Bonchev–Trinajstić information content (AvgIpc) is 2.53. The van der Waals surface area contributed by atoms with Crippen LogP contribution in [0.2, 0.25) is 0 Å². The molecule has 0 aromatic rings. The molecule has 7 nitrogen and oxygen atoms in total. The molecule has 1 fully saturated rings. The lowest BCUT2D eigenvalue weighted by Crippen LogP contribution is -2.42. The Labute approximate surface area is 113 Å². The van der Waals surface area contributed by atoms with E-state index < -0.39 is 34.0 Å². The summed E-state index contributed by atoms with van der Waals surface area (Å²) in [6.07, 6.45) is -0.0582. The molecule has 0 saturated carbocycles. The highest BCUT2D eigenvalue weighted by Crippen LogP contribution is 2.21. The quantitative estimate of drug-likeness (QED) is 0.754. The zero-order valence-corrected chi connectivity index (χ0v) is 12.4. The van der Waals surface area contributed by atoms with Gasteiger partial charge in [0.2, 0.25) is 0 Å². The number of β-amino-alcohol motifs (C(OH)–C–C–N with tert-alkyl or cyclic N) is 1. The summed E-state index contributed by atoms with van der Waals surface area (Å²) >= 11 is 0. The molecule has 0 aromatic heterocycles. The lowest BCUT2D eigenvalue weighted by Gasteiger charge is -2.28. The van der Waals surface area contributed by atoms with E-state index in [1.54, 1.807) is 20.8 Å². The Morgan fingerprint density at radius 2 is 2.00 bits per heavy atom. The number of carbonyl (C=O) groups excluding carboxylic acids is 1. The van der Waals surface area contributed by atoms with Gasteiger partial charge in [-0.2, -0.15) is 8.42 Å². The van der Waals surface area contributed by atoms with Gasteiger partial charge in [0.25, 0.3) is 10.1 Å². The smallest absolute Gasteiger partial charge is 0.410 e. The molecule has 1 heterocycles. The predicted octanol–water partition coefficient (Wildman–Crippen LogP) is 0.333. The summed E-state index contributed by atoms with van der Waals surface area (Å²) in [6.45, 7) is 5.15. The van der Waals surface area contributed by atoms with E-state index in [-0.39, 0.29) is 19.6 Å². The highest BCUT2D eigenvalue weighted by Gasteiger charge is 2.37. The maximum Gasteiger partial charge on any atom is 0.410 e. The van der Waals surface area contributed by atoms with Crippen molar-refractivity contribution in [2.45, 2.75) is 44.9 Å². The molecule has 1 aliphatic heterocycles. The fourth-order valence-corrected chi connectivity index (χ4v) is 2.20. The van der Waals surface area contributed by atoms with E-state index in [1.165, 1.54) is 4.90 Å². The zero-order valence-electron chi connectivity index (χ0n) is 11.6. The summed E-state index contributed by atoms with van der Waals surface area (Å²) in [5.74, 6) is 0. The van der Waals surface area contributed by atoms with Gasteiger partial charge in [0.15, 0.2) is 0 Å². The molecule has 112 valence electrons. The normalized spacial score (nSPS) is 24.6. The predicted molar refractivity (Wildman–Crippen MR) is 68.1 cm³/mol. The molecule has 1 rings (SSSR count). The van der Waals surface area contributed by atoms with E-state index >= 15 is 0 Å². The maximum absolute atomic E-state index is 11.9. The van der Waals surface area contributed by atoms with E-state index in [0.29, 0.717) is 0 Å². The van der Waals surface area contributed by atoms with Crippen molar-refractivity contribution in [3.05, 3.63) is 0 Å². The third kappa shape index (κ3) is 5.75. The van der Waals surface area contributed by atoms with Crippen molar-refractivity contribution in [1.29, 1.82) is 0 Å². The molecule has 1 aliphatic rings. The number of aliphatic hydroxyl groups is 1. The molecular formula is C11H21NO6S. The number of hydrogen-bond acceptors (Lipinski definition) is 6. The van der Waals surface area contributed by atoms with Crippen molar-refractivity contribution < 1.29 is 27.2 Å². The third-order valence-corrected chi connectivity index (χ3v) is 3.06. The summed E-state index contributed by atoms with van der Waals surface area (Å²) in [4.78, 5) is 13.2. The molecule has 0 bridgehead atoms. The lowest BCUT2D eigenvalue weighted by atomic mass is 10.2. The van der Waals surface area contributed by atoms with E-state index in [2.05, 4.69) is 4.18 Å². The molecule has 1 unspecified atom stereocenters. The fraction of sp³-hybridized carbons (Fsp3) is 0.909. The van der Waals surface area contributed by atoms with E-state index in [1.807, 2.05) is 0 Å². The largest absolute Gasteiger partial charge is 0.444 e. The van der Waals surface area contributed by atoms with E-state index in [4.69, 9.17) is 4.74 Å². The Morgan fingerprint density at radius 1 is 1.42 bits per heavy atom. The van der Waals surface area contributed by atoms with E-state index in [9.17, 15) is 18.3 Å². The number of rotatable bonds is 3. The minimum absolute atomic E-state index is 0.118. The summed E-state index contributed by atoms with van der Waals surface area (Å²) in [6, 6.07) is -0.500. The Morgan fingerprint density at radius 3 is 2.47 bits per heavy atom. The number of carbonyl (C=O) groups is 1. The summed E-state index contributed by atoms with van der Waals surface area (Å²) in [5, 5.41) is 9.59. The molecular weight excluding hydrogens is 274 g/mol. The van der Waals surface area contributed by atoms with Crippen LogP contribution < -0.4 is 0 Å². The second-order valence-electron chi connectivity index (χ2n) is 5.66. The third-order valence-electron chi connectivity index (χ3n) is 2.49. The average molecular weight is 295 g/mol. The van der Waals surface area contributed by atoms with Crippen LogP contribution in [-0.2, 0) is 19.0 Å². The number of ether oxygens (including phenoxy) is 1. The van der Waals surface area contributed by atoms with Crippen molar-refractivity contribution in [2.75, 3.05) is 19.4 Å². The van der Waals surface area contributed by atoms with Gasteiger partial charge in [-0.05, 0) is 27.2 Å². The lowest BCUT2D eigenvalue weighted by molar-refractivity contribution is 0.0175. The first-order valence-electron chi connectivity index (χ1n) is 6.00. The van der Waals surface area contributed by atoms with Gasteiger partial charge in [-0.1, -0.05) is 0 Å². The molecule has 0 aliphatic carbocycles. The Hall–Kier alpha value is -0.860. The van der Waals surface area contributed by atoms with Crippen LogP contribution in [0.4, 0.5) is 4.79 Å². The highest BCUT2D eigenvalue weighted by molar-refractivity contribution is 7.85. The van der Waals surface area contributed by atoms with Crippen molar-refractivity contribution in [3.63, 3.8) is 0 Å². The van der Waals surface area contributed by atoms with Gasteiger partial charge in [-0.3, -0.25) is 4.18 Å². The topological polar surface area (TPSA) is 93.1 Å². The molecule has 1 N–H and O–H groups in total. The van der Waals surface area contributed by atoms with Crippen molar-refractivity contribution >= 4 is 16.2 Å². The Balaban J connectivity index is 2.66. The van der Waals surface area contributed by atoms with Crippen LogP contribution in [0.15, 0.2) is 0 Å². The standard InChI is InChI=1S/C11H21NO6S/c1-11(2,3)18-10(14)12-6-9(13)5-8(12)7-17-19(4,15)16/h8-9,13H,5-7H2,1-4H3/t8-,9?/m0/s1. The second kappa shape index (κ2) is 5.64. The molecule has 1 saturated heterocycles. The van der Waals surface area contributed by atoms with Gasteiger partial charge in [0.05, 0.1) is 31.6 Å². The number of likely N-dealkylation sites (tertiary alicyclic amines) is 1. The minimum atomic E-state index is -3.57. The molecule has 2 atom stereocenters. The van der Waals surface area contributed by atoms with Crippen molar-refractivity contribution in [3.8, 4) is 0 Å². The van der Waals surface area contributed by atoms with Crippen LogP contribution in [0.5, 0.6) is 0 Å². The first kappa shape index (κ1) is 16.2. The fourth-order valence-electron chi connectivity index (χ4n) is 1.80. The maximum atomic E-state index is 11.9. The van der Waals surface area contributed by atoms with Gasteiger partial charge in [0, 0.05) is 0 Å². The summed E-state index contributed by atoms with van der Waals surface area (Å²) < 4.78 is 31.8. The van der Waals surface area contributed by atoms with Crippen LogP contribution >= 0.6 is 0 Å². The molecule has 0 aromatic carbocycles. The molecule has 0 radical (unpaired) electrons. The van der Waals surface area contributed by atoms with Gasteiger partial charge in [-0.25, -0.2) is 4.79 Å². The molecule has 8 heteroatoms. The Bertz CT molecular complexity index is 427. The van der Waals surface area contributed by atoms with Crippen LogP contribution in [0.1, 0.15) is 27.2 Å². The van der Waals surface area contributed by atoms with Crippen LogP contribution in [-0.4, -0.2) is 61.7 Å². The molecule has 19 heavy (non-hydrogen) atoms. The Kier molecular flexibility index (Phi) is 4.81. The minimum Gasteiger partial charge on any atom is -0.444 e. The van der Waals surface area contributed by atoms with Crippen molar-refractivity contribution in [1.82, 2.24) is 4.90 Å². The molecule has 0 spiro atoms. The number of nitrogens with zero attached hydrogens (tertiary/aromatic N) is 1. The van der Waals surface area contributed by atoms with Gasteiger partial charge < -0.3 is 14.7 Å².